The Morgan fingerprint density at radius 2 is 2.22 bits per heavy atom. The van der Waals surface area contributed by atoms with E-state index in [2.05, 4.69) is 40.8 Å². The Labute approximate surface area is 140 Å². The number of fused-ring (bicyclic) bond motifs is 1. The van der Waals surface area contributed by atoms with Gasteiger partial charge in [0, 0.05) is 42.3 Å². The van der Waals surface area contributed by atoms with Crippen molar-refractivity contribution in [2.45, 2.75) is 26.2 Å². The van der Waals surface area contributed by atoms with Crippen molar-refractivity contribution in [1.29, 1.82) is 0 Å². The van der Waals surface area contributed by atoms with E-state index in [0.29, 0.717) is 0 Å². The van der Waals surface area contributed by atoms with Crippen LogP contribution in [-0.2, 0) is 0 Å². The molecule has 0 saturated carbocycles. The van der Waals surface area contributed by atoms with Gasteiger partial charge < -0.3 is 9.88 Å². The lowest BCUT2D eigenvalue weighted by Crippen LogP contribution is -2.17. The van der Waals surface area contributed by atoms with Crippen LogP contribution in [0, 0.1) is 0 Å². The molecule has 0 fully saturated rings. The van der Waals surface area contributed by atoms with Crippen molar-refractivity contribution in [3.05, 3.63) is 42.2 Å². The maximum atomic E-state index is 4.80. The van der Waals surface area contributed by atoms with Crippen molar-refractivity contribution in [3.63, 3.8) is 0 Å². The third-order valence-corrected chi connectivity index (χ3v) is 4.92. The van der Waals surface area contributed by atoms with Crippen LogP contribution in [0.25, 0.3) is 27.3 Å². The normalized spacial score (nSPS) is 11.0. The summed E-state index contributed by atoms with van der Waals surface area (Å²) in [4.78, 5) is 14.5. The summed E-state index contributed by atoms with van der Waals surface area (Å²) in [6.45, 7) is 7.46. The van der Waals surface area contributed by atoms with Gasteiger partial charge in [0.25, 0.3) is 0 Å². The van der Waals surface area contributed by atoms with Gasteiger partial charge in [-0.1, -0.05) is 26.3 Å². The van der Waals surface area contributed by atoms with Gasteiger partial charge in [-0.15, -0.1) is 11.3 Å². The Morgan fingerprint density at radius 1 is 1.35 bits per heavy atom. The third kappa shape index (κ3) is 3.29. The number of nitrogens with one attached hydrogen (secondary N) is 1. The smallest absolute Gasteiger partial charge is 0.137 e. The Hall–Kier alpha value is -2.14. The maximum absolute atomic E-state index is 4.80. The fraction of sp³-hybridized carbons (Fsp3) is 0.333. The minimum absolute atomic E-state index is 0.898. The summed E-state index contributed by atoms with van der Waals surface area (Å²) < 4.78 is 0. The molecule has 4 nitrogen and oxygen atoms in total. The van der Waals surface area contributed by atoms with Gasteiger partial charge in [0.05, 0.1) is 11.4 Å². The molecule has 23 heavy (non-hydrogen) atoms. The van der Waals surface area contributed by atoms with E-state index in [0.717, 1.165) is 39.5 Å². The first-order valence-corrected chi connectivity index (χ1v) is 8.87. The van der Waals surface area contributed by atoms with Gasteiger partial charge >= 0.3 is 0 Å². The second kappa shape index (κ2) is 6.96. The van der Waals surface area contributed by atoms with Crippen LogP contribution in [-0.4, -0.2) is 33.4 Å². The lowest BCUT2D eigenvalue weighted by atomic mass is 10.2. The highest BCUT2D eigenvalue weighted by Crippen LogP contribution is 2.31. The maximum Gasteiger partial charge on any atom is 0.137 e. The molecule has 0 aromatic carbocycles. The number of H-pyrrole nitrogens is 1. The molecule has 0 saturated heterocycles. The summed E-state index contributed by atoms with van der Waals surface area (Å²) >= 11 is 1.65. The van der Waals surface area contributed by atoms with Gasteiger partial charge in [-0.3, -0.25) is 0 Å². The third-order valence-electron chi connectivity index (χ3n) is 4.05. The number of hydrogen-bond donors (Lipinski definition) is 1. The van der Waals surface area contributed by atoms with E-state index >= 15 is 0 Å². The van der Waals surface area contributed by atoms with Crippen LogP contribution in [0.3, 0.4) is 0 Å². The molecule has 0 atom stereocenters. The molecular formula is C18H22N4S. The van der Waals surface area contributed by atoms with Crippen LogP contribution in [0.15, 0.2) is 36.5 Å². The number of thiazole rings is 1. The molecule has 3 aromatic rings. The molecule has 0 aliphatic carbocycles. The van der Waals surface area contributed by atoms with Gasteiger partial charge in [0.1, 0.15) is 10.7 Å². The lowest BCUT2D eigenvalue weighted by molar-refractivity contribution is 0.455. The zero-order valence-electron chi connectivity index (χ0n) is 13.7. The summed E-state index contributed by atoms with van der Waals surface area (Å²) in [5.74, 6) is 0. The largest absolute Gasteiger partial charge is 0.373 e. The number of rotatable bonds is 7. The Balaban J connectivity index is 1.80. The molecule has 120 valence electrons. The van der Waals surface area contributed by atoms with E-state index in [1.54, 1.807) is 11.3 Å². The molecule has 0 aliphatic rings. The topological polar surface area (TPSA) is 44.8 Å². The Bertz CT molecular complexity index is 802. The fourth-order valence-corrected chi connectivity index (χ4v) is 3.47. The van der Waals surface area contributed by atoms with E-state index in [1.807, 2.05) is 24.5 Å². The van der Waals surface area contributed by atoms with Gasteiger partial charge in [-0.05, 0) is 18.6 Å². The first-order chi connectivity index (χ1) is 11.2. The second-order valence-corrected chi connectivity index (χ2v) is 6.57. The summed E-state index contributed by atoms with van der Waals surface area (Å²) in [6.07, 6.45) is 7.41. The number of hydrogen-bond acceptors (Lipinski definition) is 4. The highest BCUT2D eigenvalue weighted by molar-refractivity contribution is 7.13. The first kappa shape index (κ1) is 15.7. The van der Waals surface area contributed by atoms with Crippen LogP contribution >= 0.6 is 11.3 Å². The molecule has 0 amide bonds. The fourth-order valence-electron chi connectivity index (χ4n) is 2.61. The minimum atomic E-state index is 0.898. The van der Waals surface area contributed by atoms with Gasteiger partial charge in [0.2, 0.25) is 0 Å². The number of unbranched alkanes of at least 4 members (excludes halogenated alkanes) is 2. The predicted octanol–water partition coefficient (Wildman–Crippen LogP) is 4.78. The van der Waals surface area contributed by atoms with Crippen LogP contribution < -0.4 is 0 Å². The summed E-state index contributed by atoms with van der Waals surface area (Å²) in [5, 5.41) is 4.21. The zero-order valence-corrected chi connectivity index (χ0v) is 14.5. The van der Waals surface area contributed by atoms with Crippen molar-refractivity contribution < 1.29 is 0 Å². The van der Waals surface area contributed by atoms with E-state index in [-0.39, 0.29) is 0 Å². The average molecular weight is 326 g/mol. The van der Waals surface area contributed by atoms with Crippen molar-refractivity contribution in [2.24, 2.45) is 0 Å². The molecule has 1 N–H and O–H groups in total. The Morgan fingerprint density at radius 3 is 3.04 bits per heavy atom. The SMILES string of the molecule is C=C(c1csc(-c2ccnc3[nH]ccc23)n1)N(C)CCCCC. The van der Waals surface area contributed by atoms with Gasteiger partial charge in [-0.25, -0.2) is 9.97 Å². The predicted molar refractivity (Wildman–Crippen MR) is 98.4 cm³/mol. The number of aromatic amines is 1. The van der Waals surface area contributed by atoms with Crippen molar-refractivity contribution in [2.75, 3.05) is 13.6 Å². The Kier molecular flexibility index (Phi) is 4.76. The molecule has 0 radical (unpaired) electrons. The molecular weight excluding hydrogens is 304 g/mol. The monoisotopic (exact) mass is 326 g/mol. The molecule has 0 unspecified atom stereocenters. The van der Waals surface area contributed by atoms with Crippen molar-refractivity contribution in [1.82, 2.24) is 19.9 Å². The summed E-state index contributed by atoms with van der Waals surface area (Å²) in [7, 11) is 2.09. The standard InChI is InChI=1S/C18H22N4S/c1-4-5-6-11-22(3)13(2)16-12-23-18(21-16)15-8-10-20-17-14(15)7-9-19-17/h7-10,12H,2,4-6,11H2,1,3H3,(H,19,20). The van der Waals surface area contributed by atoms with Crippen LogP contribution in [0.2, 0.25) is 0 Å². The second-order valence-electron chi connectivity index (χ2n) is 5.71. The number of aromatic nitrogens is 3. The first-order valence-electron chi connectivity index (χ1n) is 7.99. The van der Waals surface area contributed by atoms with E-state index < -0.39 is 0 Å². The molecule has 3 rings (SSSR count). The molecule has 5 heteroatoms. The van der Waals surface area contributed by atoms with Crippen LogP contribution in [0.5, 0.6) is 0 Å². The average Bonchev–Trinajstić information content (AvgIpc) is 3.23. The summed E-state index contributed by atoms with van der Waals surface area (Å²) in [6, 6.07) is 4.07. The highest BCUT2D eigenvalue weighted by Gasteiger charge is 2.13. The van der Waals surface area contributed by atoms with E-state index in [9.17, 15) is 0 Å². The molecule has 0 spiro atoms. The number of nitrogens with zero attached hydrogens (tertiary/aromatic N) is 3. The molecule has 3 aromatic heterocycles. The van der Waals surface area contributed by atoms with Gasteiger partial charge in [0.15, 0.2) is 0 Å². The lowest BCUT2D eigenvalue weighted by Gasteiger charge is -2.20. The van der Waals surface area contributed by atoms with Crippen LogP contribution in [0.1, 0.15) is 31.9 Å². The number of pyridine rings is 1. The van der Waals surface area contributed by atoms with Crippen molar-refractivity contribution in [3.8, 4) is 10.6 Å². The van der Waals surface area contributed by atoms with Crippen LogP contribution in [0.4, 0.5) is 0 Å². The highest BCUT2D eigenvalue weighted by atomic mass is 32.1. The summed E-state index contributed by atoms with van der Waals surface area (Å²) in [5.41, 5.74) is 3.97. The van der Waals surface area contributed by atoms with Crippen molar-refractivity contribution >= 4 is 28.1 Å². The molecule has 0 bridgehead atoms. The zero-order chi connectivity index (χ0) is 16.2. The van der Waals surface area contributed by atoms with Gasteiger partial charge in [-0.2, -0.15) is 0 Å². The van der Waals surface area contributed by atoms with E-state index in [1.165, 1.54) is 19.3 Å². The quantitative estimate of drug-likeness (QED) is 0.636. The minimum Gasteiger partial charge on any atom is -0.373 e. The molecule has 0 aliphatic heterocycles. The molecule has 3 heterocycles. The van der Waals surface area contributed by atoms with E-state index in [4.69, 9.17) is 4.98 Å².